The van der Waals surface area contributed by atoms with Crippen molar-refractivity contribution in [1.82, 2.24) is 34.7 Å². The molecule has 4 rings (SSSR count). The normalized spacial score (nSPS) is 15.3. The fourth-order valence-corrected chi connectivity index (χ4v) is 3.20. The van der Waals surface area contributed by atoms with E-state index in [-0.39, 0.29) is 11.5 Å². The molecular formula is C17H19N7O2. The Morgan fingerprint density at radius 1 is 1.19 bits per heavy atom. The van der Waals surface area contributed by atoms with Crippen LogP contribution in [0.25, 0.3) is 5.82 Å². The second-order valence-electron chi connectivity index (χ2n) is 6.37. The lowest BCUT2D eigenvalue weighted by Gasteiger charge is -2.31. The molecule has 1 aliphatic rings. The van der Waals surface area contributed by atoms with Gasteiger partial charge in [-0.05, 0) is 37.0 Å². The van der Waals surface area contributed by atoms with Crippen LogP contribution in [0.2, 0.25) is 0 Å². The summed E-state index contributed by atoms with van der Waals surface area (Å²) in [7, 11) is 0. The fraction of sp³-hybridized carbons (Fsp3) is 0.353. The third-order valence-corrected chi connectivity index (χ3v) is 4.66. The summed E-state index contributed by atoms with van der Waals surface area (Å²) in [6, 6.07) is 6.67. The zero-order valence-corrected chi connectivity index (χ0v) is 14.2. The molecule has 3 aromatic rings. The Balaban J connectivity index is 1.41. The maximum atomic E-state index is 12.3. The maximum absolute atomic E-state index is 12.3. The Hall–Kier alpha value is -3.23. The van der Waals surface area contributed by atoms with Crippen LogP contribution >= 0.6 is 0 Å². The average molecular weight is 353 g/mol. The number of amides is 1. The van der Waals surface area contributed by atoms with Crippen molar-refractivity contribution in [3.8, 4) is 5.82 Å². The lowest BCUT2D eigenvalue weighted by Crippen LogP contribution is -2.40. The first-order valence-electron chi connectivity index (χ1n) is 8.57. The topological polar surface area (TPSA) is 102 Å². The first-order valence-corrected chi connectivity index (χ1v) is 8.57. The highest BCUT2D eigenvalue weighted by Gasteiger charge is 2.25. The molecule has 0 radical (unpaired) electrons. The van der Waals surface area contributed by atoms with E-state index in [2.05, 4.69) is 20.4 Å². The van der Waals surface area contributed by atoms with Crippen LogP contribution in [0.15, 0.2) is 47.7 Å². The summed E-state index contributed by atoms with van der Waals surface area (Å²) in [5, 5.41) is 15.1. The number of carbonyl (C=O) groups is 1. The van der Waals surface area contributed by atoms with Gasteiger partial charge in [-0.1, -0.05) is 0 Å². The molecule has 0 aromatic carbocycles. The number of likely N-dealkylation sites (tertiary alicyclic amines) is 1. The minimum atomic E-state index is -0.128. The van der Waals surface area contributed by atoms with Crippen LogP contribution in [0, 0.1) is 5.92 Å². The molecule has 9 nitrogen and oxygen atoms in total. The van der Waals surface area contributed by atoms with Crippen LogP contribution in [-0.4, -0.2) is 53.7 Å². The van der Waals surface area contributed by atoms with Crippen molar-refractivity contribution >= 4 is 5.91 Å². The van der Waals surface area contributed by atoms with Crippen molar-refractivity contribution in [3.63, 3.8) is 0 Å². The minimum Gasteiger partial charge on any atom is -0.337 e. The summed E-state index contributed by atoms with van der Waals surface area (Å²) in [6.45, 7) is 1.87. The Kier molecular flexibility index (Phi) is 4.34. The zero-order chi connectivity index (χ0) is 17.9. The number of carbonyl (C=O) groups excluding carboxylic acids is 1. The summed E-state index contributed by atoms with van der Waals surface area (Å²) < 4.78 is 3.12. The smallest absolute Gasteiger partial charge is 0.271 e. The summed E-state index contributed by atoms with van der Waals surface area (Å²) in [5.74, 6) is 0.886. The SMILES string of the molecule is O=C(c1ccn[nH]1)N1CCC(Cn2nc(-n3cccn3)ccc2=O)CC1. The number of nitrogens with one attached hydrogen (secondary N) is 1. The van der Waals surface area contributed by atoms with E-state index in [0.717, 1.165) is 12.8 Å². The Labute approximate surface area is 149 Å². The van der Waals surface area contributed by atoms with Crippen molar-refractivity contribution in [2.45, 2.75) is 19.4 Å². The molecule has 3 aromatic heterocycles. The van der Waals surface area contributed by atoms with E-state index in [0.29, 0.717) is 37.1 Å². The summed E-state index contributed by atoms with van der Waals surface area (Å²) in [5.41, 5.74) is 0.380. The zero-order valence-electron chi connectivity index (χ0n) is 14.2. The molecular weight excluding hydrogens is 334 g/mol. The van der Waals surface area contributed by atoms with Gasteiger partial charge in [0.1, 0.15) is 5.69 Å². The lowest BCUT2D eigenvalue weighted by atomic mass is 9.96. The van der Waals surface area contributed by atoms with Crippen LogP contribution in [0.4, 0.5) is 0 Å². The molecule has 0 saturated carbocycles. The molecule has 0 aliphatic carbocycles. The van der Waals surface area contributed by atoms with Gasteiger partial charge in [-0.25, -0.2) is 9.36 Å². The second kappa shape index (κ2) is 6.95. The number of piperidine rings is 1. The molecule has 0 unspecified atom stereocenters. The molecule has 1 N–H and O–H groups in total. The van der Waals surface area contributed by atoms with Crippen LogP contribution in [-0.2, 0) is 6.54 Å². The highest BCUT2D eigenvalue weighted by molar-refractivity contribution is 5.92. The van der Waals surface area contributed by atoms with Gasteiger partial charge in [0.2, 0.25) is 0 Å². The first-order chi connectivity index (χ1) is 12.7. The number of rotatable bonds is 4. The molecule has 0 atom stereocenters. The van der Waals surface area contributed by atoms with Gasteiger partial charge < -0.3 is 4.90 Å². The molecule has 0 spiro atoms. The Morgan fingerprint density at radius 2 is 2.04 bits per heavy atom. The number of hydrogen-bond donors (Lipinski definition) is 1. The molecule has 1 amide bonds. The number of aromatic amines is 1. The van der Waals surface area contributed by atoms with E-state index >= 15 is 0 Å². The number of nitrogens with zero attached hydrogens (tertiary/aromatic N) is 6. The van der Waals surface area contributed by atoms with E-state index in [9.17, 15) is 9.59 Å². The van der Waals surface area contributed by atoms with Gasteiger partial charge in [-0.3, -0.25) is 14.7 Å². The molecule has 1 saturated heterocycles. The lowest BCUT2D eigenvalue weighted by molar-refractivity contribution is 0.0674. The molecule has 26 heavy (non-hydrogen) atoms. The van der Waals surface area contributed by atoms with Gasteiger partial charge in [0, 0.05) is 44.3 Å². The van der Waals surface area contributed by atoms with Crippen molar-refractivity contribution in [1.29, 1.82) is 0 Å². The van der Waals surface area contributed by atoms with Gasteiger partial charge in [0.05, 0.1) is 0 Å². The maximum Gasteiger partial charge on any atom is 0.271 e. The van der Waals surface area contributed by atoms with Gasteiger partial charge >= 0.3 is 0 Å². The van der Waals surface area contributed by atoms with Crippen LogP contribution in [0.1, 0.15) is 23.3 Å². The Morgan fingerprint density at radius 3 is 2.73 bits per heavy atom. The van der Waals surface area contributed by atoms with Gasteiger partial charge in [-0.2, -0.15) is 10.2 Å². The number of hydrogen-bond acceptors (Lipinski definition) is 5. The quantitative estimate of drug-likeness (QED) is 0.744. The minimum absolute atomic E-state index is 0.0306. The van der Waals surface area contributed by atoms with E-state index in [1.807, 2.05) is 11.0 Å². The molecule has 1 aliphatic heterocycles. The number of H-pyrrole nitrogens is 1. The third-order valence-electron chi connectivity index (χ3n) is 4.66. The highest BCUT2D eigenvalue weighted by atomic mass is 16.2. The summed E-state index contributed by atoms with van der Waals surface area (Å²) in [4.78, 5) is 26.3. The molecule has 9 heteroatoms. The van der Waals surface area contributed by atoms with Crippen LogP contribution < -0.4 is 5.56 Å². The average Bonchev–Trinajstić information content (AvgIpc) is 3.38. The first kappa shape index (κ1) is 16.2. The Bertz CT molecular complexity index is 922. The molecule has 4 heterocycles. The van der Waals surface area contributed by atoms with Gasteiger partial charge in [-0.15, -0.1) is 5.10 Å². The molecule has 0 bridgehead atoms. The largest absolute Gasteiger partial charge is 0.337 e. The number of aromatic nitrogens is 6. The highest BCUT2D eigenvalue weighted by Crippen LogP contribution is 2.19. The third kappa shape index (κ3) is 3.28. The predicted molar refractivity (Wildman–Crippen MR) is 92.8 cm³/mol. The van der Waals surface area contributed by atoms with Crippen molar-refractivity contribution in [2.75, 3.05) is 13.1 Å². The monoisotopic (exact) mass is 353 g/mol. The summed E-state index contributed by atoms with van der Waals surface area (Å²) in [6.07, 6.45) is 6.70. The van der Waals surface area contributed by atoms with E-state index in [1.165, 1.54) is 10.7 Å². The summed E-state index contributed by atoms with van der Waals surface area (Å²) >= 11 is 0. The van der Waals surface area contributed by atoms with Crippen molar-refractivity contribution in [2.24, 2.45) is 5.92 Å². The fourth-order valence-electron chi connectivity index (χ4n) is 3.20. The van der Waals surface area contributed by atoms with Gasteiger partial charge in [0.25, 0.3) is 11.5 Å². The van der Waals surface area contributed by atoms with Crippen molar-refractivity contribution < 1.29 is 4.79 Å². The predicted octanol–water partition coefficient (Wildman–Crippen LogP) is 0.704. The van der Waals surface area contributed by atoms with Crippen molar-refractivity contribution in [3.05, 3.63) is 58.9 Å². The van der Waals surface area contributed by atoms with Crippen LogP contribution in [0.5, 0.6) is 0 Å². The van der Waals surface area contributed by atoms with E-state index in [1.54, 1.807) is 35.4 Å². The molecule has 1 fully saturated rings. The standard InChI is InChI=1S/C17H19N7O2/c25-16-3-2-15(23-9-1-7-19-23)21-24(16)12-13-5-10-22(11-6-13)17(26)14-4-8-18-20-14/h1-4,7-9,13H,5-6,10-12H2,(H,18,20). The van der Waals surface area contributed by atoms with Gasteiger partial charge in [0.15, 0.2) is 5.82 Å². The van der Waals surface area contributed by atoms with Crippen LogP contribution in [0.3, 0.4) is 0 Å². The van der Waals surface area contributed by atoms with E-state index < -0.39 is 0 Å². The second-order valence-corrected chi connectivity index (χ2v) is 6.37. The van der Waals surface area contributed by atoms with E-state index in [4.69, 9.17) is 0 Å². The molecule has 134 valence electrons.